The van der Waals surface area contributed by atoms with Gasteiger partial charge in [-0.3, -0.25) is 14.9 Å². The average molecular weight is 600 g/mol. The summed E-state index contributed by atoms with van der Waals surface area (Å²) in [6.07, 6.45) is 1.41. The first-order valence-electron chi connectivity index (χ1n) is 10.5. The van der Waals surface area contributed by atoms with Crippen LogP contribution < -0.4 is 19.7 Å². The number of urea groups is 1. The third kappa shape index (κ3) is 5.47. The van der Waals surface area contributed by atoms with Crippen LogP contribution in [0.3, 0.4) is 0 Å². The van der Waals surface area contributed by atoms with Gasteiger partial charge in [0.05, 0.1) is 17.3 Å². The monoisotopic (exact) mass is 598 g/mol. The van der Waals surface area contributed by atoms with E-state index in [1.54, 1.807) is 36.4 Å². The maximum Gasteiger partial charge on any atom is 0.335 e. The summed E-state index contributed by atoms with van der Waals surface area (Å²) in [4.78, 5) is 39.0. The Bertz CT molecular complexity index is 1350. The number of hydrogen-bond acceptors (Lipinski definition) is 5. The zero-order chi connectivity index (χ0) is 25.1. The molecular weight excluding hydrogens is 580 g/mol. The molecule has 3 aromatic rings. The predicted molar refractivity (Wildman–Crippen MR) is 139 cm³/mol. The highest BCUT2D eigenvalue weighted by atomic mass is 79.9. The van der Waals surface area contributed by atoms with Crippen LogP contribution in [0.2, 0.25) is 0 Å². The average Bonchev–Trinajstić information content (AvgIpc) is 2.82. The molecule has 1 fully saturated rings. The van der Waals surface area contributed by atoms with Gasteiger partial charge in [-0.25, -0.2) is 9.69 Å². The Kier molecular flexibility index (Phi) is 7.37. The Morgan fingerprint density at radius 3 is 2.43 bits per heavy atom. The zero-order valence-electron chi connectivity index (χ0n) is 18.8. The summed E-state index contributed by atoms with van der Waals surface area (Å²) in [5.74, 6) is -0.593. The number of amides is 4. The Morgan fingerprint density at radius 2 is 1.74 bits per heavy atom. The molecule has 4 rings (SSSR count). The Labute approximate surface area is 219 Å². The van der Waals surface area contributed by atoms with E-state index in [0.717, 1.165) is 20.5 Å². The number of nitrogens with zero attached hydrogens (tertiary/aromatic N) is 1. The molecule has 1 aliphatic heterocycles. The first kappa shape index (κ1) is 24.7. The van der Waals surface area contributed by atoms with Crippen LogP contribution in [0, 0.1) is 6.92 Å². The molecule has 0 aromatic heterocycles. The quantitative estimate of drug-likeness (QED) is 0.287. The molecular formula is C26H20Br2N2O5. The number of anilines is 1. The van der Waals surface area contributed by atoms with Gasteiger partial charge in [0.2, 0.25) is 0 Å². The van der Waals surface area contributed by atoms with Crippen molar-refractivity contribution >= 4 is 61.5 Å². The van der Waals surface area contributed by atoms with Gasteiger partial charge in [0.25, 0.3) is 11.8 Å². The minimum Gasteiger partial charge on any atom is -0.493 e. The van der Waals surface area contributed by atoms with Crippen molar-refractivity contribution in [1.29, 1.82) is 0 Å². The van der Waals surface area contributed by atoms with Gasteiger partial charge in [-0.15, -0.1) is 0 Å². The Hall–Kier alpha value is -3.43. The number of nitrogens with one attached hydrogen (secondary N) is 1. The van der Waals surface area contributed by atoms with Crippen molar-refractivity contribution in [1.82, 2.24) is 5.32 Å². The van der Waals surface area contributed by atoms with E-state index in [9.17, 15) is 14.4 Å². The summed E-state index contributed by atoms with van der Waals surface area (Å²) < 4.78 is 12.9. The fourth-order valence-corrected chi connectivity index (χ4v) is 4.41. The normalized spacial score (nSPS) is 14.8. The van der Waals surface area contributed by atoms with Crippen LogP contribution >= 0.6 is 31.9 Å². The smallest absolute Gasteiger partial charge is 0.335 e. The van der Waals surface area contributed by atoms with Crippen LogP contribution in [0.1, 0.15) is 16.7 Å². The van der Waals surface area contributed by atoms with Gasteiger partial charge < -0.3 is 9.47 Å². The number of ether oxygens (including phenoxy) is 2. The molecule has 9 heteroatoms. The first-order valence-corrected chi connectivity index (χ1v) is 12.1. The van der Waals surface area contributed by atoms with Crippen molar-refractivity contribution in [2.45, 2.75) is 13.5 Å². The largest absolute Gasteiger partial charge is 0.493 e. The van der Waals surface area contributed by atoms with Crippen molar-refractivity contribution in [2.24, 2.45) is 0 Å². The fourth-order valence-electron chi connectivity index (χ4n) is 3.57. The van der Waals surface area contributed by atoms with E-state index in [0.29, 0.717) is 33.8 Å². The number of carbonyl (C=O) groups is 3. The molecule has 0 spiro atoms. The van der Waals surface area contributed by atoms with Crippen molar-refractivity contribution in [3.63, 3.8) is 0 Å². The molecule has 0 saturated carbocycles. The van der Waals surface area contributed by atoms with Gasteiger partial charge >= 0.3 is 6.03 Å². The van der Waals surface area contributed by atoms with Gasteiger partial charge in [-0.2, -0.15) is 0 Å². The second kappa shape index (κ2) is 10.5. The third-order valence-electron chi connectivity index (χ3n) is 5.21. The summed E-state index contributed by atoms with van der Waals surface area (Å²) in [7, 11) is 1.50. The number of rotatable bonds is 6. The highest BCUT2D eigenvalue weighted by Crippen LogP contribution is 2.38. The molecule has 1 aliphatic rings. The molecule has 1 heterocycles. The molecule has 0 radical (unpaired) electrons. The number of carbonyl (C=O) groups excluding carboxylic acids is 3. The van der Waals surface area contributed by atoms with Gasteiger partial charge in [0.15, 0.2) is 11.5 Å². The first-order chi connectivity index (χ1) is 16.8. The molecule has 0 bridgehead atoms. The molecule has 3 aromatic carbocycles. The predicted octanol–water partition coefficient (Wildman–Crippen LogP) is 5.77. The molecule has 0 unspecified atom stereocenters. The number of imide groups is 2. The molecule has 4 amide bonds. The van der Waals surface area contributed by atoms with E-state index in [1.807, 2.05) is 31.2 Å². The molecule has 35 heavy (non-hydrogen) atoms. The van der Waals surface area contributed by atoms with Crippen LogP contribution in [0.5, 0.6) is 11.5 Å². The summed E-state index contributed by atoms with van der Waals surface area (Å²) in [6, 6.07) is 17.2. The van der Waals surface area contributed by atoms with Crippen LogP contribution in [-0.2, 0) is 16.2 Å². The summed E-state index contributed by atoms with van der Waals surface area (Å²) >= 11 is 6.82. The third-order valence-corrected chi connectivity index (χ3v) is 6.33. The number of barbiturate groups is 1. The van der Waals surface area contributed by atoms with Crippen molar-refractivity contribution < 1.29 is 23.9 Å². The van der Waals surface area contributed by atoms with Crippen LogP contribution in [0.15, 0.2) is 75.2 Å². The molecule has 1 saturated heterocycles. The lowest BCUT2D eigenvalue weighted by Gasteiger charge is -2.26. The van der Waals surface area contributed by atoms with E-state index < -0.39 is 17.8 Å². The number of benzene rings is 3. The van der Waals surface area contributed by atoms with E-state index in [2.05, 4.69) is 37.2 Å². The second-order valence-corrected chi connectivity index (χ2v) is 9.52. The molecule has 7 nitrogen and oxygen atoms in total. The van der Waals surface area contributed by atoms with Gasteiger partial charge in [0, 0.05) is 4.47 Å². The lowest BCUT2D eigenvalue weighted by Crippen LogP contribution is -2.54. The lowest BCUT2D eigenvalue weighted by atomic mass is 10.1. The van der Waals surface area contributed by atoms with E-state index >= 15 is 0 Å². The standard InChI is InChI=1S/C26H20Br2N2O5/c1-15-4-3-5-16(10-15)14-35-23-21(28)12-17(13-22(23)34-2)11-20-24(31)29-26(33)30(25(20)32)19-8-6-18(27)7-9-19/h3-13H,14H2,1-2H3,(H,29,31,33)/b20-11+. The van der Waals surface area contributed by atoms with Crippen LogP contribution in [0.25, 0.3) is 6.08 Å². The van der Waals surface area contributed by atoms with E-state index in [4.69, 9.17) is 9.47 Å². The highest BCUT2D eigenvalue weighted by molar-refractivity contribution is 9.10. The topological polar surface area (TPSA) is 84.9 Å². The summed E-state index contributed by atoms with van der Waals surface area (Å²) in [5, 5.41) is 2.22. The summed E-state index contributed by atoms with van der Waals surface area (Å²) in [5.41, 5.74) is 2.81. The SMILES string of the molecule is COc1cc(/C=C2\C(=O)NC(=O)N(c3ccc(Br)cc3)C2=O)cc(Br)c1OCc1cccc(C)c1. The maximum absolute atomic E-state index is 13.1. The van der Waals surface area contributed by atoms with Crippen molar-refractivity contribution in [2.75, 3.05) is 12.0 Å². The van der Waals surface area contributed by atoms with Crippen molar-refractivity contribution in [3.8, 4) is 11.5 Å². The molecule has 0 atom stereocenters. The molecule has 1 N–H and O–H groups in total. The van der Waals surface area contributed by atoms with Gasteiger partial charge in [-0.05, 0) is 76.5 Å². The van der Waals surface area contributed by atoms with Crippen molar-refractivity contribution in [3.05, 3.63) is 91.9 Å². The van der Waals surface area contributed by atoms with Gasteiger partial charge in [-0.1, -0.05) is 45.8 Å². The fraction of sp³-hybridized carbons (Fsp3) is 0.115. The summed E-state index contributed by atoms with van der Waals surface area (Å²) in [6.45, 7) is 2.35. The minimum absolute atomic E-state index is 0.185. The molecule has 178 valence electrons. The number of aryl methyl sites for hydroxylation is 1. The van der Waals surface area contributed by atoms with Crippen LogP contribution in [-0.4, -0.2) is 25.0 Å². The number of methoxy groups -OCH3 is 1. The van der Waals surface area contributed by atoms with Gasteiger partial charge in [0.1, 0.15) is 12.2 Å². The Balaban J connectivity index is 1.64. The zero-order valence-corrected chi connectivity index (χ0v) is 22.0. The second-order valence-electron chi connectivity index (χ2n) is 7.75. The number of halogens is 2. The van der Waals surface area contributed by atoms with Crippen LogP contribution in [0.4, 0.5) is 10.5 Å². The highest BCUT2D eigenvalue weighted by Gasteiger charge is 2.36. The Morgan fingerprint density at radius 1 is 1.00 bits per heavy atom. The maximum atomic E-state index is 13.1. The number of hydrogen-bond donors (Lipinski definition) is 1. The van der Waals surface area contributed by atoms with E-state index in [1.165, 1.54) is 13.2 Å². The molecule has 0 aliphatic carbocycles. The van der Waals surface area contributed by atoms with E-state index in [-0.39, 0.29) is 5.57 Å². The minimum atomic E-state index is -0.807. The lowest BCUT2D eigenvalue weighted by molar-refractivity contribution is -0.122.